The van der Waals surface area contributed by atoms with Crippen LogP contribution in [0.4, 0.5) is 5.69 Å². The summed E-state index contributed by atoms with van der Waals surface area (Å²) in [5.41, 5.74) is 1.21. The Bertz CT molecular complexity index is 1330. The van der Waals surface area contributed by atoms with Crippen molar-refractivity contribution in [3.05, 3.63) is 107 Å². The number of nitrogens with one attached hydrogen (secondary N) is 1. The molecule has 9 heteroatoms. The van der Waals surface area contributed by atoms with Crippen LogP contribution in [0.3, 0.4) is 0 Å². The number of amides is 1. The lowest BCUT2D eigenvalue weighted by Crippen LogP contribution is -2.28. The molecule has 2 heterocycles. The molecule has 2 aromatic carbocycles. The van der Waals surface area contributed by atoms with Crippen molar-refractivity contribution >= 4 is 11.6 Å². The molecule has 0 fully saturated rings. The molecule has 178 valence electrons. The predicted octanol–water partition coefficient (Wildman–Crippen LogP) is 3.56. The first kappa shape index (κ1) is 23.5. The molecule has 0 aliphatic rings. The van der Waals surface area contributed by atoms with Gasteiger partial charge in [-0.15, -0.1) is 0 Å². The van der Waals surface area contributed by atoms with Crippen LogP contribution < -0.4 is 25.1 Å². The van der Waals surface area contributed by atoms with Gasteiger partial charge in [-0.2, -0.15) is 5.10 Å². The van der Waals surface area contributed by atoms with Gasteiger partial charge in [-0.25, -0.2) is 4.68 Å². The molecule has 0 atom stereocenters. The first-order chi connectivity index (χ1) is 17.1. The van der Waals surface area contributed by atoms with Crippen LogP contribution in [-0.4, -0.2) is 34.4 Å². The summed E-state index contributed by atoms with van der Waals surface area (Å²) in [6.45, 7) is 0.747. The maximum atomic E-state index is 12.8. The topological polar surface area (TPSA) is 105 Å². The van der Waals surface area contributed by atoms with Crippen LogP contribution in [0.5, 0.6) is 17.2 Å². The highest BCUT2D eigenvalue weighted by molar-refractivity contribution is 6.02. The van der Waals surface area contributed by atoms with Gasteiger partial charge in [-0.3, -0.25) is 14.6 Å². The third kappa shape index (κ3) is 6.44. The Balaban J connectivity index is 1.42. The number of carbonyl (C=O) groups is 1. The van der Waals surface area contributed by atoms with Crippen LogP contribution in [0.15, 0.2) is 90.0 Å². The van der Waals surface area contributed by atoms with Gasteiger partial charge in [0.1, 0.15) is 24.7 Å². The number of benzene rings is 2. The van der Waals surface area contributed by atoms with Gasteiger partial charge in [0.2, 0.25) is 0 Å². The molecule has 1 N–H and O–H groups in total. The highest BCUT2D eigenvalue weighted by Gasteiger charge is 2.13. The quantitative estimate of drug-likeness (QED) is 0.376. The van der Waals surface area contributed by atoms with E-state index in [0.717, 1.165) is 5.56 Å². The Morgan fingerprint density at radius 1 is 0.943 bits per heavy atom. The van der Waals surface area contributed by atoms with Crippen molar-refractivity contribution in [3.63, 3.8) is 0 Å². The average molecular weight is 473 g/mol. The molecule has 9 nitrogen and oxygen atoms in total. The summed E-state index contributed by atoms with van der Waals surface area (Å²) >= 11 is 0. The maximum absolute atomic E-state index is 12.8. The number of ether oxygens (including phenoxy) is 3. The van der Waals surface area contributed by atoms with E-state index in [2.05, 4.69) is 15.4 Å². The molecule has 0 saturated heterocycles. The number of pyridine rings is 1. The van der Waals surface area contributed by atoms with E-state index in [9.17, 15) is 9.59 Å². The molecule has 2 aromatic heterocycles. The summed E-state index contributed by atoms with van der Waals surface area (Å²) in [5, 5.41) is 6.97. The van der Waals surface area contributed by atoms with Gasteiger partial charge in [0.25, 0.3) is 11.5 Å². The number of anilines is 1. The Labute approximate surface area is 201 Å². The number of para-hydroxylation sites is 1. The van der Waals surface area contributed by atoms with Crippen LogP contribution in [0.25, 0.3) is 0 Å². The molecule has 0 radical (unpaired) electrons. The predicted molar refractivity (Wildman–Crippen MR) is 130 cm³/mol. The van der Waals surface area contributed by atoms with Crippen LogP contribution >= 0.6 is 0 Å². The van der Waals surface area contributed by atoms with E-state index in [1.54, 1.807) is 37.7 Å². The molecule has 0 unspecified atom stereocenters. The number of carbonyl (C=O) groups excluding carboxylic acids is 1. The molecule has 4 rings (SSSR count). The SMILES string of the molecule is COc1ccc(NC(=O)c2ccc(=O)n(CCOc3ccccc3)n2)cc1OCc1ccncc1. The standard InChI is InChI=1S/C26H24N4O5/c1-33-23-9-7-20(17-24(23)35-18-19-11-13-27-14-12-19)28-26(32)22-8-10-25(31)30(29-22)15-16-34-21-5-3-2-4-6-21/h2-14,17H,15-16,18H2,1H3,(H,28,32). The first-order valence-corrected chi connectivity index (χ1v) is 10.9. The lowest BCUT2D eigenvalue weighted by Gasteiger charge is -2.13. The number of methoxy groups -OCH3 is 1. The van der Waals surface area contributed by atoms with Gasteiger partial charge in [0.15, 0.2) is 11.5 Å². The Kier molecular flexibility index (Phi) is 7.70. The average Bonchev–Trinajstić information content (AvgIpc) is 2.90. The molecule has 0 saturated carbocycles. The summed E-state index contributed by atoms with van der Waals surface area (Å²) < 4.78 is 18.1. The molecule has 4 aromatic rings. The molecule has 0 aliphatic carbocycles. The van der Waals surface area contributed by atoms with Crippen molar-refractivity contribution in [3.8, 4) is 17.2 Å². The van der Waals surface area contributed by atoms with Gasteiger partial charge < -0.3 is 19.5 Å². The van der Waals surface area contributed by atoms with Gasteiger partial charge >= 0.3 is 0 Å². The number of nitrogens with zero attached hydrogens (tertiary/aromatic N) is 3. The van der Waals surface area contributed by atoms with E-state index in [0.29, 0.717) is 29.5 Å². The van der Waals surface area contributed by atoms with Gasteiger partial charge in [-0.05, 0) is 48.0 Å². The van der Waals surface area contributed by atoms with E-state index in [1.807, 2.05) is 42.5 Å². The lowest BCUT2D eigenvalue weighted by molar-refractivity contribution is 0.101. The second-order valence-electron chi connectivity index (χ2n) is 7.41. The van der Waals surface area contributed by atoms with Crippen LogP contribution in [-0.2, 0) is 13.2 Å². The highest BCUT2D eigenvalue weighted by Crippen LogP contribution is 2.31. The van der Waals surface area contributed by atoms with Crippen molar-refractivity contribution in [2.24, 2.45) is 0 Å². The minimum Gasteiger partial charge on any atom is -0.493 e. The van der Waals surface area contributed by atoms with Crippen molar-refractivity contribution in [1.29, 1.82) is 0 Å². The molecule has 0 bridgehead atoms. The monoisotopic (exact) mass is 472 g/mol. The third-order valence-corrected chi connectivity index (χ3v) is 4.98. The number of hydrogen-bond donors (Lipinski definition) is 1. The Morgan fingerprint density at radius 3 is 2.51 bits per heavy atom. The zero-order valence-corrected chi connectivity index (χ0v) is 19.1. The van der Waals surface area contributed by atoms with E-state index < -0.39 is 5.91 Å². The normalized spacial score (nSPS) is 10.4. The summed E-state index contributed by atoms with van der Waals surface area (Å²) in [6, 6.07) is 20.7. The zero-order chi connectivity index (χ0) is 24.5. The van der Waals surface area contributed by atoms with Gasteiger partial charge in [0, 0.05) is 30.2 Å². The Hall–Kier alpha value is -4.66. The van der Waals surface area contributed by atoms with Crippen LogP contribution in [0.2, 0.25) is 0 Å². The minimum atomic E-state index is -0.465. The molecule has 1 amide bonds. The van der Waals surface area contributed by atoms with Crippen LogP contribution in [0, 0.1) is 0 Å². The fourth-order valence-corrected chi connectivity index (χ4v) is 3.20. The molecule has 0 spiro atoms. The van der Waals surface area contributed by atoms with Crippen molar-refractivity contribution in [1.82, 2.24) is 14.8 Å². The van der Waals surface area contributed by atoms with E-state index in [1.165, 1.54) is 16.8 Å². The summed E-state index contributed by atoms with van der Waals surface area (Å²) in [7, 11) is 1.54. The number of hydrogen-bond acceptors (Lipinski definition) is 7. The summed E-state index contributed by atoms with van der Waals surface area (Å²) in [4.78, 5) is 29.0. The first-order valence-electron chi connectivity index (χ1n) is 10.9. The van der Waals surface area contributed by atoms with Crippen molar-refractivity contribution in [2.75, 3.05) is 19.0 Å². The third-order valence-electron chi connectivity index (χ3n) is 4.98. The number of rotatable bonds is 10. The van der Waals surface area contributed by atoms with E-state index in [4.69, 9.17) is 14.2 Å². The molecular formula is C26H24N4O5. The molecular weight excluding hydrogens is 448 g/mol. The fraction of sp³-hybridized carbons (Fsp3) is 0.154. The lowest BCUT2D eigenvalue weighted by atomic mass is 10.2. The van der Waals surface area contributed by atoms with E-state index in [-0.39, 0.29) is 24.4 Å². The second kappa shape index (κ2) is 11.5. The van der Waals surface area contributed by atoms with Crippen molar-refractivity contribution < 1.29 is 19.0 Å². The van der Waals surface area contributed by atoms with Gasteiger partial charge in [0.05, 0.1) is 13.7 Å². The minimum absolute atomic E-state index is 0.0967. The maximum Gasteiger partial charge on any atom is 0.276 e. The largest absolute Gasteiger partial charge is 0.493 e. The second-order valence-corrected chi connectivity index (χ2v) is 7.41. The van der Waals surface area contributed by atoms with E-state index >= 15 is 0 Å². The van der Waals surface area contributed by atoms with Gasteiger partial charge in [-0.1, -0.05) is 18.2 Å². The molecule has 35 heavy (non-hydrogen) atoms. The highest BCUT2D eigenvalue weighted by atomic mass is 16.5. The Morgan fingerprint density at radius 2 is 1.74 bits per heavy atom. The number of aromatic nitrogens is 3. The molecule has 0 aliphatic heterocycles. The zero-order valence-electron chi connectivity index (χ0n) is 19.1. The van der Waals surface area contributed by atoms with Crippen molar-refractivity contribution in [2.45, 2.75) is 13.2 Å². The smallest absolute Gasteiger partial charge is 0.276 e. The summed E-state index contributed by atoms with van der Waals surface area (Å²) in [5.74, 6) is 1.23. The fourth-order valence-electron chi connectivity index (χ4n) is 3.20. The summed E-state index contributed by atoms with van der Waals surface area (Å²) in [6.07, 6.45) is 3.37. The van der Waals surface area contributed by atoms with Crippen LogP contribution in [0.1, 0.15) is 16.1 Å².